The molecule has 2 heterocycles. The topological polar surface area (TPSA) is 122 Å². The second-order valence-electron chi connectivity index (χ2n) is 7.25. The van der Waals surface area contributed by atoms with E-state index in [-0.39, 0.29) is 22.6 Å². The lowest BCUT2D eigenvalue weighted by Gasteiger charge is -2.33. The average molecular weight is 432 g/mol. The van der Waals surface area contributed by atoms with Crippen LogP contribution < -0.4 is 15.6 Å². The minimum atomic E-state index is -1.75. The van der Waals surface area contributed by atoms with Crippen molar-refractivity contribution in [3.63, 3.8) is 0 Å². The van der Waals surface area contributed by atoms with Crippen molar-refractivity contribution in [2.24, 2.45) is 0 Å². The number of hydrogen-bond acceptors (Lipinski definition) is 6. The van der Waals surface area contributed by atoms with Gasteiger partial charge in [0.1, 0.15) is 11.3 Å². The number of ketones is 1. The van der Waals surface area contributed by atoms with Crippen LogP contribution in [0.25, 0.3) is 11.0 Å². The number of aromatic amines is 1. The minimum absolute atomic E-state index is 0.0288. The molecule has 8 heteroatoms. The molecule has 8 nitrogen and oxygen atoms in total. The van der Waals surface area contributed by atoms with Crippen LogP contribution >= 0.6 is 0 Å². The van der Waals surface area contributed by atoms with Crippen molar-refractivity contribution in [2.75, 3.05) is 12.4 Å². The van der Waals surface area contributed by atoms with Crippen molar-refractivity contribution in [1.82, 2.24) is 4.98 Å². The summed E-state index contributed by atoms with van der Waals surface area (Å²) in [5.41, 5.74) is -1.42. The third-order valence-electron chi connectivity index (χ3n) is 5.32. The highest BCUT2D eigenvalue weighted by Crippen LogP contribution is 2.36. The third kappa shape index (κ3) is 3.51. The number of rotatable bonds is 7. The lowest BCUT2D eigenvalue weighted by atomic mass is 9.79. The number of nitrogens with one attached hydrogen (secondary N) is 2. The molecule has 0 radical (unpaired) electrons. The van der Waals surface area contributed by atoms with Gasteiger partial charge in [-0.2, -0.15) is 0 Å². The molecule has 4 rings (SSSR count). The normalized spacial score (nSPS) is 12.8. The summed E-state index contributed by atoms with van der Waals surface area (Å²) in [7, 11) is 1.44. The maximum atomic E-state index is 13.3. The summed E-state index contributed by atoms with van der Waals surface area (Å²) >= 11 is 0. The maximum Gasteiger partial charge on any atom is 0.335 e. The zero-order valence-corrected chi connectivity index (χ0v) is 17.3. The number of furan rings is 1. The Morgan fingerprint density at radius 2 is 1.88 bits per heavy atom. The van der Waals surface area contributed by atoms with Gasteiger partial charge in [0.15, 0.2) is 17.2 Å². The van der Waals surface area contributed by atoms with Gasteiger partial charge in [-0.1, -0.05) is 30.3 Å². The van der Waals surface area contributed by atoms with Crippen molar-refractivity contribution in [3.05, 3.63) is 93.9 Å². The number of aromatic carboxylic acids is 1. The van der Waals surface area contributed by atoms with E-state index in [1.54, 1.807) is 18.2 Å². The van der Waals surface area contributed by atoms with Crippen LogP contribution in [0.15, 0.2) is 76.1 Å². The average Bonchev–Trinajstić information content (AvgIpc) is 3.20. The van der Waals surface area contributed by atoms with Crippen LogP contribution in [-0.2, 0) is 10.3 Å². The van der Waals surface area contributed by atoms with E-state index in [1.807, 2.05) is 18.2 Å². The van der Waals surface area contributed by atoms with E-state index in [2.05, 4.69) is 10.3 Å². The number of hydrogen-bond donors (Lipinski definition) is 3. The molecule has 0 aliphatic rings. The van der Waals surface area contributed by atoms with Crippen LogP contribution in [0, 0.1) is 0 Å². The second-order valence-corrected chi connectivity index (χ2v) is 7.25. The predicted octanol–water partition coefficient (Wildman–Crippen LogP) is 3.77. The lowest BCUT2D eigenvalue weighted by Crippen LogP contribution is -2.47. The minimum Gasteiger partial charge on any atom is -0.495 e. The predicted molar refractivity (Wildman–Crippen MR) is 118 cm³/mol. The Labute approximate surface area is 182 Å². The van der Waals surface area contributed by atoms with Crippen LogP contribution in [0.5, 0.6) is 5.75 Å². The van der Waals surface area contributed by atoms with Crippen molar-refractivity contribution in [2.45, 2.75) is 12.5 Å². The quantitative estimate of drug-likeness (QED) is 0.406. The van der Waals surface area contributed by atoms with Gasteiger partial charge in [0.05, 0.1) is 18.2 Å². The smallest absolute Gasteiger partial charge is 0.335 e. The number of methoxy groups -OCH3 is 1. The lowest BCUT2D eigenvalue weighted by molar-refractivity contribution is -0.120. The zero-order valence-electron chi connectivity index (χ0n) is 17.3. The molecule has 0 aliphatic heterocycles. The highest BCUT2D eigenvalue weighted by Gasteiger charge is 2.43. The highest BCUT2D eigenvalue weighted by atomic mass is 16.5. The molecule has 2 aromatic heterocycles. The zero-order chi connectivity index (χ0) is 22.9. The van der Waals surface area contributed by atoms with Crippen LogP contribution in [0.4, 0.5) is 5.88 Å². The van der Waals surface area contributed by atoms with E-state index >= 15 is 0 Å². The number of aromatic nitrogens is 1. The third-order valence-corrected chi connectivity index (χ3v) is 5.32. The van der Waals surface area contributed by atoms with Gasteiger partial charge in [0.2, 0.25) is 0 Å². The fourth-order valence-electron chi connectivity index (χ4n) is 3.75. The standard InChI is InChI=1S/C24H20N2O6/c1-14(27)24(17-8-5-7-16(10-17)23(29)30,19-12-18(31-2)13-25-22(19)28)26-21-11-15-6-3-4-9-20(15)32-21/h3-13,26H,1-2H3,(H,25,28)(H,29,30). The van der Waals surface area contributed by atoms with Crippen molar-refractivity contribution in [1.29, 1.82) is 0 Å². The number of carboxylic acid groups (broad SMARTS) is 1. The number of carbonyl (C=O) groups is 2. The number of benzene rings is 2. The first-order valence-corrected chi connectivity index (χ1v) is 9.74. The summed E-state index contributed by atoms with van der Waals surface area (Å²) in [6.07, 6.45) is 1.38. The first-order valence-electron chi connectivity index (χ1n) is 9.74. The van der Waals surface area contributed by atoms with E-state index in [1.165, 1.54) is 44.5 Å². The number of carbonyl (C=O) groups excluding carboxylic acids is 1. The fraction of sp³-hybridized carbons (Fsp3) is 0.125. The van der Waals surface area contributed by atoms with E-state index < -0.39 is 22.9 Å². The van der Waals surface area contributed by atoms with Crippen LogP contribution in [0.3, 0.4) is 0 Å². The van der Waals surface area contributed by atoms with Crippen molar-refractivity contribution < 1.29 is 23.8 Å². The Balaban J connectivity index is 2.02. The molecule has 0 spiro atoms. The van der Waals surface area contributed by atoms with Gasteiger partial charge in [0, 0.05) is 17.6 Å². The Bertz CT molecular complexity index is 1350. The SMILES string of the molecule is COc1c[nH]c(=O)c(C(Nc2cc3ccccc3o2)(C(C)=O)c2cccc(C(=O)O)c2)c1. The summed E-state index contributed by atoms with van der Waals surface area (Å²) in [6.45, 7) is 1.32. The van der Waals surface area contributed by atoms with E-state index in [0.29, 0.717) is 11.3 Å². The summed E-state index contributed by atoms with van der Waals surface area (Å²) in [6, 6.07) is 16.3. The summed E-state index contributed by atoms with van der Waals surface area (Å²) < 4.78 is 11.1. The molecule has 0 bridgehead atoms. The monoisotopic (exact) mass is 432 g/mol. The molecule has 3 N–H and O–H groups in total. The van der Waals surface area contributed by atoms with Gasteiger partial charge >= 0.3 is 5.97 Å². The molecule has 0 saturated carbocycles. The molecule has 162 valence electrons. The number of ether oxygens (including phenoxy) is 1. The molecular weight excluding hydrogens is 412 g/mol. The molecule has 1 atom stereocenters. The van der Waals surface area contributed by atoms with Gasteiger partial charge < -0.3 is 24.6 Å². The summed E-state index contributed by atoms with van der Waals surface area (Å²) in [5, 5.41) is 13.4. The first-order chi connectivity index (χ1) is 15.3. The molecule has 1 unspecified atom stereocenters. The van der Waals surface area contributed by atoms with E-state index in [9.17, 15) is 19.5 Å². The van der Waals surface area contributed by atoms with Gasteiger partial charge in [-0.05, 0) is 36.8 Å². The molecule has 0 fully saturated rings. The Morgan fingerprint density at radius 3 is 2.56 bits per heavy atom. The number of fused-ring (bicyclic) bond motifs is 1. The Kier molecular flexibility index (Phi) is 5.28. The van der Waals surface area contributed by atoms with Gasteiger partial charge in [-0.15, -0.1) is 0 Å². The van der Waals surface area contributed by atoms with Gasteiger partial charge in [0.25, 0.3) is 5.56 Å². The number of Topliss-reactive ketones (excluding diaryl/α,β-unsaturated/α-hetero) is 1. The van der Waals surface area contributed by atoms with E-state index in [4.69, 9.17) is 9.15 Å². The van der Waals surface area contributed by atoms with E-state index in [0.717, 1.165) is 5.39 Å². The molecule has 32 heavy (non-hydrogen) atoms. The summed E-state index contributed by atoms with van der Waals surface area (Å²) in [4.78, 5) is 40.4. The molecule has 0 amide bonds. The largest absolute Gasteiger partial charge is 0.495 e. The van der Waals surface area contributed by atoms with Crippen LogP contribution in [0.2, 0.25) is 0 Å². The highest BCUT2D eigenvalue weighted by molar-refractivity contribution is 5.96. The molecular formula is C24H20N2O6. The number of pyridine rings is 1. The van der Waals surface area contributed by atoms with Gasteiger partial charge in [-0.3, -0.25) is 9.59 Å². The number of H-pyrrole nitrogens is 1. The molecule has 4 aromatic rings. The Morgan fingerprint density at radius 1 is 1.09 bits per heavy atom. The van der Waals surface area contributed by atoms with Crippen molar-refractivity contribution >= 4 is 28.6 Å². The summed E-state index contributed by atoms with van der Waals surface area (Å²) in [5.74, 6) is -1.04. The van der Waals surface area contributed by atoms with Crippen LogP contribution in [-0.4, -0.2) is 29.0 Å². The fourth-order valence-corrected chi connectivity index (χ4v) is 3.75. The van der Waals surface area contributed by atoms with Crippen molar-refractivity contribution in [3.8, 4) is 5.75 Å². The second kappa shape index (κ2) is 8.07. The molecule has 0 saturated heterocycles. The molecule has 0 aliphatic carbocycles. The van der Waals surface area contributed by atoms with Crippen LogP contribution in [0.1, 0.15) is 28.4 Å². The Hall–Kier alpha value is -4.33. The maximum absolute atomic E-state index is 13.3. The first kappa shape index (κ1) is 20.9. The number of para-hydroxylation sites is 1. The van der Waals surface area contributed by atoms with Gasteiger partial charge in [-0.25, -0.2) is 4.79 Å². The number of anilines is 1. The number of carboxylic acids is 1. The molecule has 2 aromatic carbocycles.